The van der Waals surface area contributed by atoms with Gasteiger partial charge in [0.15, 0.2) is 0 Å². The Morgan fingerprint density at radius 1 is 1.40 bits per heavy atom. The van der Waals surface area contributed by atoms with Gasteiger partial charge in [0.05, 0.1) is 0 Å². The Bertz CT molecular complexity index is 272. The van der Waals surface area contributed by atoms with Crippen molar-refractivity contribution in [2.75, 3.05) is 0 Å². The molecule has 0 bridgehead atoms. The lowest BCUT2D eigenvalue weighted by Crippen LogP contribution is -2.52. The quantitative estimate of drug-likeness (QED) is 0.652. The third-order valence-electron chi connectivity index (χ3n) is 2.75. The average Bonchev–Trinajstić information content (AvgIpc) is 2.83. The van der Waals surface area contributed by atoms with Gasteiger partial charge in [-0.05, 0) is 39.5 Å². The van der Waals surface area contributed by atoms with Crippen LogP contribution in [0.15, 0.2) is 0 Å². The molecule has 5 nitrogen and oxygen atoms in total. The first-order valence-corrected chi connectivity index (χ1v) is 5.14. The van der Waals surface area contributed by atoms with E-state index in [1.807, 2.05) is 13.8 Å². The molecule has 1 fully saturated rings. The van der Waals surface area contributed by atoms with Crippen LogP contribution in [0.4, 0.5) is 4.79 Å². The number of amides is 2. The molecule has 5 heteroatoms. The minimum Gasteiger partial charge on any atom is -0.480 e. The molecule has 1 atom stereocenters. The molecule has 0 aromatic carbocycles. The number of rotatable bonds is 4. The first-order valence-electron chi connectivity index (χ1n) is 5.14. The molecule has 2 amide bonds. The molecule has 0 unspecified atom stereocenters. The van der Waals surface area contributed by atoms with E-state index < -0.39 is 18.0 Å². The van der Waals surface area contributed by atoms with Crippen LogP contribution in [-0.4, -0.2) is 28.7 Å². The Labute approximate surface area is 89.2 Å². The molecule has 1 saturated carbocycles. The number of hydrogen-bond acceptors (Lipinski definition) is 2. The van der Waals surface area contributed by atoms with E-state index in [0.29, 0.717) is 5.92 Å². The SMILES string of the molecule is C[C@H](NC(=O)NC(C)(C)C1CC1)C(=O)O. The highest BCUT2D eigenvalue weighted by atomic mass is 16.4. The van der Waals surface area contributed by atoms with Crippen molar-refractivity contribution in [3.8, 4) is 0 Å². The molecule has 1 aliphatic rings. The minimum atomic E-state index is -1.03. The van der Waals surface area contributed by atoms with Gasteiger partial charge in [-0.1, -0.05) is 0 Å². The summed E-state index contributed by atoms with van der Waals surface area (Å²) in [5.74, 6) is -0.516. The topological polar surface area (TPSA) is 78.4 Å². The van der Waals surface area contributed by atoms with Crippen LogP contribution in [-0.2, 0) is 4.79 Å². The largest absolute Gasteiger partial charge is 0.480 e. The third-order valence-corrected chi connectivity index (χ3v) is 2.75. The van der Waals surface area contributed by atoms with Crippen molar-refractivity contribution in [2.45, 2.75) is 45.2 Å². The molecule has 1 rings (SSSR count). The summed E-state index contributed by atoms with van der Waals surface area (Å²) in [5.41, 5.74) is -0.248. The second kappa shape index (κ2) is 4.08. The number of carbonyl (C=O) groups excluding carboxylic acids is 1. The number of urea groups is 1. The Balaban J connectivity index is 2.38. The van der Waals surface area contributed by atoms with Crippen molar-refractivity contribution >= 4 is 12.0 Å². The van der Waals surface area contributed by atoms with E-state index in [2.05, 4.69) is 10.6 Å². The number of carbonyl (C=O) groups is 2. The average molecular weight is 214 g/mol. The zero-order valence-corrected chi connectivity index (χ0v) is 9.33. The van der Waals surface area contributed by atoms with Crippen molar-refractivity contribution in [3.05, 3.63) is 0 Å². The Kier molecular flexibility index (Phi) is 3.21. The van der Waals surface area contributed by atoms with Crippen LogP contribution >= 0.6 is 0 Å². The van der Waals surface area contributed by atoms with Crippen LogP contribution in [0.25, 0.3) is 0 Å². The van der Waals surface area contributed by atoms with E-state index >= 15 is 0 Å². The molecule has 15 heavy (non-hydrogen) atoms. The van der Waals surface area contributed by atoms with Crippen LogP contribution in [0.2, 0.25) is 0 Å². The predicted molar refractivity (Wildman–Crippen MR) is 55.6 cm³/mol. The van der Waals surface area contributed by atoms with Crippen molar-refractivity contribution in [2.24, 2.45) is 5.92 Å². The summed E-state index contributed by atoms with van der Waals surface area (Å²) in [6, 6.07) is -1.28. The molecule has 0 aromatic heterocycles. The number of hydrogen-bond donors (Lipinski definition) is 3. The lowest BCUT2D eigenvalue weighted by molar-refractivity contribution is -0.138. The summed E-state index contributed by atoms with van der Waals surface area (Å²) < 4.78 is 0. The summed E-state index contributed by atoms with van der Waals surface area (Å²) in [5, 5.41) is 13.8. The minimum absolute atomic E-state index is 0.248. The molecule has 0 radical (unpaired) electrons. The predicted octanol–water partition coefficient (Wildman–Crippen LogP) is 0.947. The second-order valence-electron chi connectivity index (χ2n) is 4.65. The maximum Gasteiger partial charge on any atom is 0.325 e. The van der Waals surface area contributed by atoms with E-state index in [-0.39, 0.29) is 5.54 Å². The summed E-state index contributed by atoms with van der Waals surface area (Å²) >= 11 is 0. The van der Waals surface area contributed by atoms with E-state index in [4.69, 9.17) is 5.11 Å². The normalized spacial score (nSPS) is 18.1. The fourth-order valence-corrected chi connectivity index (χ4v) is 1.49. The van der Waals surface area contributed by atoms with Gasteiger partial charge in [0.25, 0.3) is 0 Å². The Hall–Kier alpha value is -1.26. The van der Waals surface area contributed by atoms with Crippen molar-refractivity contribution < 1.29 is 14.7 Å². The van der Waals surface area contributed by atoms with E-state index in [0.717, 1.165) is 12.8 Å². The molecule has 0 heterocycles. The summed E-state index contributed by atoms with van der Waals surface area (Å²) in [6.07, 6.45) is 2.25. The van der Waals surface area contributed by atoms with E-state index in [9.17, 15) is 9.59 Å². The van der Waals surface area contributed by atoms with Gasteiger partial charge in [0, 0.05) is 5.54 Å². The van der Waals surface area contributed by atoms with Gasteiger partial charge in [0.1, 0.15) is 6.04 Å². The molecule has 3 N–H and O–H groups in total. The Morgan fingerprint density at radius 3 is 2.33 bits per heavy atom. The lowest BCUT2D eigenvalue weighted by atomic mass is 9.99. The molecule has 0 saturated heterocycles. The molecule has 1 aliphatic carbocycles. The zero-order valence-electron chi connectivity index (χ0n) is 9.33. The van der Waals surface area contributed by atoms with Crippen LogP contribution < -0.4 is 10.6 Å². The molecular formula is C10H18N2O3. The van der Waals surface area contributed by atoms with Gasteiger partial charge >= 0.3 is 12.0 Å². The maximum atomic E-state index is 11.4. The first kappa shape index (κ1) is 11.8. The highest BCUT2D eigenvalue weighted by Gasteiger charge is 2.38. The second-order valence-corrected chi connectivity index (χ2v) is 4.65. The number of aliphatic carboxylic acids is 1. The highest BCUT2D eigenvalue weighted by molar-refractivity contribution is 5.82. The van der Waals surface area contributed by atoms with Gasteiger partial charge in [-0.15, -0.1) is 0 Å². The molecule has 86 valence electrons. The summed E-state index contributed by atoms with van der Waals surface area (Å²) in [6.45, 7) is 5.34. The van der Waals surface area contributed by atoms with Gasteiger partial charge in [-0.3, -0.25) is 4.79 Å². The molecule has 0 aliphatic heterocycles. The molecular weight excluding hydrogens is 196 g/mol. The van der Waals surface area contributed by atoms with Crippen molar-refractivity contribution in [3.63, 3.8) is 0 Å². The maximum absolute atomic E-state index is 11.4. The number of carboxylic acid groups (broad SMARTS) is 1. The molecule has 0 aromatic rings. The van der Waals surface area contributed by atoms with Crippen LogP contribution in [0.5, 0.6) is 0 Å². The van der Waals surface area contributed by atoms with E-state index in [1.165, 1.54) is 6.92 Å². The summed E-state index contributed by atoms with van der Waals surface area (Å²) in [4.78, 5) is 21.9. The van der Waals surface area contributed by atoms with Crippen molar-refractivity contribution in [1.29, 1.82) is 0 Å². The van der Waals surface area contributed by atoms with Gasteiger partial charge in [0.2, 0.25) is 0 Å². The van der Waals surface area contributed by atoms with Crippen LogP contribution in [0, 0.1) is 5.92 Å². The zero-order chi connectivity index (χ0) is 11.6. The Morgan fingerprint density at radius 2 is 1.93 bits per heavy atom. The number of carboxylic acids is 1. The van der Waals surface area contributed by atoms with Crippen molar-refractivity contribution in [1.82, 2.24) is 10.6 Å². The summed E-state index contributed by atoms with van der Waals surface area (Å²) in [7, 11) is 0. The van der Waals surface area contributed by atoms with Crippen LogP contribution in [0.1, 0.15) is 33.6 Å². The smallest absolute Gasteiger partial charge is 0.325 e. The monoisotopic (exact) mass is 214 g/mol. The van der Waals surface area contributed by atoms with E-state index in [1.54, 1.807) is 0 Å². The standard InChI is InChI=1S/C10H18N2O3/c1-6(8(13)14)11-9(15)12-10(2,3)7-4-5-7/h6-7H,4-5H2,1-3H3,(H,13,14)(H2,11,12,15)/t6-/m0/s1. The van der Waals surface area contributed by atoms with Gasteiger partial charge in [-0.2, -0.15) is 0 Å². The third kappa shape index (κ3) is 3.42. The first-order chi connectivity index (χ1) is 6.83. The highest BCUT2D eigenvalue weighted by Crippen LogP contribution is 2.39. The van der Waals surface area contributed by atoms with Gasteiger partial charge < -0.3 is 15.7 Å². The fraction of sp³-hybridized carbons (Fsp3) is 0.800. The van der Waals surface area contributed by atoms with Crippen LogP contribution in [0.3, 0.4) is 0 Å². The lowest BCUT2D eigenvalue weighted by Gasteiger charge is -2.26. The molecule has 0 spiro atoms. The fourth-order valence-electron chi connectivity index (χ4n) is 1.49. The number of nitrogens with one attached hydrogen (secondary N) is 2. The van der Waals surface area contributed by atoms with Gasteiger partial charge in [-0.25, -0.2) is 4.79 Å².